The molecule has 0 spiro atoms. The quantitative estimate of drug-likeness (QED) is 0.377. The average Bonchev–Trinajstić information content (AvgIpc) is 2.73. The third-order valence-electron chi connectivity index (χ3n) is 3.22. The van der Waals surface area contributed by atoms with Crippen molar-refractivity contribution in [1.82, 2.24) is 9.55 Å². The molecule has 7 heteroatoms. The zero-order chi connectivity index (χ0) is 15.3. The molecule has 1 N–H and O–H groups in total. The van der Waals surface area contributed by atoms with Crippen LogP contribution in [-0.2, 0) is 0 Å². The van der Waals surface area contributed by atoms with Gasteiger partial charge in [0, 0.05) is 4.47 Å². The van der Waals surface area contributed by atoms with Crippen molar-refractivity contribution in [2.24, 2.45) is 0 Å². The van der Waals surface area contributed by atoms with E-state index in [1.165, 1.54) is 6.07 Å². The molecule has 0 atom stereocenters. The molecule has 0 amide bonds. The van der Waals surface area contributed by atoms with Crippen molar-refractivity contribution in [3.63, 3.8) is 0 Å². The second kappa shape index (κ2) is 5.39. The van der Waals surface area contributed by atoms with Gasteiger partial charge in [0.05, 0.1) is 26.8 Å². The van der Waals surface area contributed by atoms with Crippen molar-refractivity contribution >= 4 is 62.4 Å². The number of aryl methyl sites for hydroxylation is 1. The number of benzene rings is 2. The van der Waals surface area contributed by atoms with Gasteiger partial charge in [-0.25, -0.2) is 4.39 Å². The standard InChI is InChI=1S/C14H8BrCl2FN2S/c1-6-4-11-9(5-8(6)18)19-14(21)20(11)10-3-2-7(15)12(16)13(10)17/h2-5H,1H3,(H,19,21). The minimum atomic E-state index is -0.286. The van der Waals surface area contributed by atoms with Crippen LogP contribution in [0.5, 0.6) is 0 Å². The van der Waals surface area contributed by atoms with Crippen LogP contribution in [0.4, 0.5) is 4.39 Å². The Morgan fingerprint density at radius 2 is 1.95 bits per heavy atom. The van der Waals surface area contributed by atoms with E-state index < -0.39 is 0 Å². The highest BCUT2D eigenvalue weighted by molar-refractivity contribution is 9.10. The minimum absolute atomic E-state index is 0.286. The van der Waals surface area contributed by atoms with Crippen LogP contribution in [0, 0.1) is 17.5 Å². The van der Waals surface area contributed by atoms with Crippen LogP contribution in [0.25, 0.3) is 16.7 Å². The molecule has 108 valence electrons. The second-order valence-electron chi connectivity index (χ2n) is 4.58. The van der Waals surface area contributed by atoms with Gasteiger partial charge in [-0.15, -0.1) is 0 Å². The summed E-state index contributed by atoms with van der Waals surface area (Å²) in [6.07, 6.45) is 0. The third kappa shape index (κ3) is 2.42. The fourth-order valence-electron chi connectivity index (χ4n) is 2.16. The highest BCUT2D eigenvalue weighted by atomic mass is 79.9. The van der Waals surface area contributed by atoms with Gasteiger partial charge in [-0.1, -0.05) is 23.2 Å². The van der Waals surface area contributed by atoms with Crippen molar-refractivity contribution in [3.8, 4) is 5.69 Å². The molecule has 1 heterocycles. The number of rotatable bonds is 1. The lowest BCUT2D eigenvalue weighted by Gasteiger charge is -2.10. The van der Waals surface area contributed by atoms with Crippen molar-refractivity contribution in [2.75, 3.05) is 0 Å². The molecule has 0 radical (unpaired) electrons. The zero-order valence-electron chi connectivity index (χ0n) is 10.7. The molecule has 2 aromatic carbocycles. The zero-order valence-corrected chi connectivity index (χ0v) is 14.6. The lowest BCUT2D eigenvalue weighted by molar-refractivity contribution is 0.620. The van der Waals surface area contributed by atoms with Gasteiger partial charge in [-0.05, 0) is 64.9 Å². The predicted octanol–water partition coefficient (Wildman–Crippen LogP) is 6.20. The molecule has 0 fully saturated rings. The van der Waals surface area contributed by atoms with Crippen LogP contribution in [0.1, 0.15) is 5.56 Å². The van der Waals surface area contributed by atoms with E-state index in [9.17, 15) is 4.39 Å². The molecule has 0 aliphatic heterocycles. The first-order chi connectivity index (χ1) is 9.90. The number of nitrogens with zero attached hydrogens (tertiary/aromatic N) is 1. The summed E-state index contributed by atoms with van der Waals surface area (Å²) in [5.41, 5.74) is 2.54. The summed E-state index contributed by atoms with van der Waals surface area (Å²) in [6, 6.07) is 6.75. The summed E-state index contributed by atoms with van der Waals surface area (Å²) in [7, 11) is 0. The first-order valence-corrected chi connectivity index (χ1v) is 7.90. The number of nitrogens with one attached hydrogen (secondary N) is 1. The predicted molar refractivity (Wildman–Crippen MR) is 90.9 cm³/mol. The molecule has 0 bridgehead atoms. The van der Waals surface area contributed by atoms with Gasteiger partial charge < -0.3 is 4.98 Å². The summed E-state index contributed by atoms with van der Waals surface area (Å²) in [5.74, 6) is -0.286. The third-order valence-corrected chi connectivity index (χ3v) is 5.26. The summed E-state index contributed by atoms with van der Waals surface area (Å²) < 4.78 is 16.5. The first-order valence-electron chi connectivity index (χ1n) is 5.95. The molecule has 0 saturated heterocycles. The largest absolute Gasteiger partial charge is 0.330 e. The minimum Gasteiger partial charge on any atom is -0.330 e. The van der Waals surface area contributed by atoms with Crippen LogP contribution >= 0.6 is 51.3 Å². The molecule has 3 rings (SSSR count). The molecule has 3 aromatic rings. The van der Waals surface area contributed by atoms with Crippen LogP contribution in [-0.4, -0.2) is 9.55 Å². The van der Waals surface area contributed by atoms with Crippen LogP contribution in [0.2, 0.25) is 10.0 Å². The van der Waals surface area contributed by atoms with E-state index in [-0.39, 0.29) is 5.82 Å². The Kier molecular flexibility index (Phi) is 3.86. The maximum absolute atomic E-state index is 13.7. The smallest absolute Gasteiger partial charge is 0.182 e. The Bertz CT molecular complexity index is 933. The summed E-state index contributed by atoms with van der Waals surface area (Å²) in [5, 5.41) is 0.786. The molecule has 0 aliphatic carbocycles. The normalized spacial score (nSPS) is 11.3. The van der Waals surface area contributed by atoms with Gasteiger partial charge in [0.2, 0.25) is 0 Å². The van der Waals surface area contributed by atoms with E-state index in [2.05, 4.69) is 20.9 Å². The average molecular weight is 406 g/mol. The van der Waals surface area contributed by atoms with Crippen molar-refractivity contribution in [3.05, 3.63) is 54.9 Å². The van der Waals surface area contributed by atoms with Crippen molar-refractivity contribution in [2.45, 2.75) is 6.92 Å². The summed E-state index contributed by atoms with van der Waals surface area (Å²) >= 11 is 21.1. The van der Waals surface area contributed by atoms with Gasteiger partial charge in [0.1, 0.15) is 5.82 Å². The topological polar surface area (TPSA) is 20.7 Å². The number of fused-ring (bicyclic) bond motifs is 1. The molecule has 1 aromatic heterocycles. The van der Waals surface area contributed by atoms with E-state index in [0.717, 1.165) is 5.52 Å². The Morgan fingerprint density at radius 1 is 1.24 bits per heavy atom. The van der Waals surface area contributed by atoms with E-state index in [0.29, 0.717) is 36.1 Å². The van der Waals surface area contributed by atoms with Gasteiger partial charge in [0.15, 0.2) is 4.77 Å². The number of imidazole rings is 1. The Labute approximate surface area is 143 Å². The molecule has 2 nitrogen and oxygen atoms in total. The Hall–Kier alpha value is -0.880. The van der Waals surface area contributed by atoms with Gasteiger partial charge in [0.25, 0.3) is 0 Å². The fourth-order valence-corrected chi connectivity index (χ4v) is 3.32. The van der Waals surface area contributed by atoms with E-state index >= 15 is 0 Å². The van der Waals surface area contributed by atoms with Crippen LogP contribution in [0.15, 0.2) is 28.7 Å². The second-order valence-corrected chi connectivity index (χ2v) is 6.58. The monoisotopic (exact) mass is 404 g/mol. The van der Waals surface area contributed by atoms with Gasteiger partial charge in [-0.2, -0.15) is 0 Å². The molecule has 0 unspecified atom stereocenters. The molecule has 0 aliphatic rings. The maximum atomic E-state index is 13.7. The van der Waals surface area contributed by atoms with Crippen LogP contribution < -0.4 is 0 Å². The lowest BCUT2D eigenvalue weighted by atomic mass is 10.2. The SMILES string of the molecule is Cc1cc2c(cc1F)[nH]c(=S)n2-c1ccc(Br)c(Cl)c1Cl. The first kappa shape index (κ1) is 15.0. The number of H-pyrrole nitrogens is 1. The van der Waals surface area contributed by atoms with Gasteiger partial charge >= 0.3 is 0 Å². The van der Waals surface area contributed by atoms with Crippen LogP contribution in [0.3, 0.4) is 0 Å². The maximum Gasteiger partial charge on any atom is 0.182 e. The summed E-state index contributed by atoms with van der Waals surface area (Å²) in [6.45, 7) is 1.70. The molecular formula is C14H8BrCl2FN2S. The highest BCUT2D eigenvalue weighted by Crippen LogP contribution is 2.36. The molecule has 21 heavy (non-hydrogen) atoms. The fraction of sp³-hybridized carbons (Fsp3) is 0.0714. The number of aromatic nitrogens is 2. The van der Waals surface area contributed by atoms with E-state index in [4.69, 9.17) is 35.4 Å². The number of hydrogen-bond donors (Lipinski definition) is 1. The summed E-state index contributed by atoms with van der Waals surface area (Å²) in [4.78, 5) is 2.98. The van der Waals surface area contributed by atoms with E-state index in [1.54, 1.807) is 29.7 Å². The lowest BCUT2D eigenvalue weighted by Crippen LogP contribution is -1.96. The Morgan fingerprint density at radius 3 is 2.67 bits per heavy atom. The Balaban J connectivity index is 2.41. The molecule has 0 saturated carbocycles. The van der Waals surface area contributed by atoms with Crippen molar-refractivity contribution < 1.29 is 4.39 Å². The number of hydrogen-bond acceptors (Lipinski definition) is 1. The highest BCUT2D eigenvalue weighted by Gasteiger charge is 2.15. The van der Waals surface area contributed by atoms with E-state index in [1.807, 2.05) is 0 Å². The molecular weight excluding hydrogens is 398 g/mol. The van der Waals surface area contributed by atoms with Gasteiger partial charge in [-0.3, -0.25) is 4.57 Å². The number of halogens is 4. The van der Waals surface area contributed by atoms with Crippen molar-refractivity contribution in [1.29, 1.82) is 0 Å². The number of aromatic amines is 1.